The van der Waals surface area contributed by atoms with Crippen LogP contribution in [0.2, 0.25) is 0 Å². The number of ether oxygens (including phenoxy) is 3. The summed E-state index contributed by atoms with van der Waals surface area (Å²) in [4.78, 5) is 33.7. The standard InChI is InChI=1S/C30H50N4O5/c1-7-38-19-24(13-20(2)3)33-29(35)22-14-23(17-31-16-22)30(36)34(25-9-10-25)28-15-27(39-12-8-11-37-6)26(18-32-28)21(4)5/h15,18,20-25,31H,7-14,16-17,19H2,1-6H3,(H,33,35)/t22-,23?,24+/m0/s1. The summed E-state index contributed by atoms with van der Waals surface area (Å²) in [6.07, 6.45) is 5.93. The molecule has 3 atom stereocenters. The Morgan fingerprint density at radius 2 is 1.90 bits per heavy atom. The van der Waals surface area contributed by atoms with Crippen molar-refractivity contribution >= 4 is 17.6 Å². The summed E-state index contributed by atoms with van der Waals surface area (Å²) in [5.74, 6) is 1.58. The lowest BCUT2D eigenvalue weighted by Gasteiger charge is -2.33. The van der Waals surface area contributed by atoms with E-state index in [0.717, 1.165) is 37.0 Å². The van der Waals surface area contributed by atoms with Crippen molar-refractivity contribution in [2.75, 3.05) is 51.5 Å². The molecule has 9 nitrogen and oxygen atoms in total. The van der Waals surface area contributed by atoms with E-state index in [1.165, 1.54) is 0 Å². The number of hydrogen-bond donors (Lipinski definition) is 2. The second kappa shape index (κ2) is 15.5. The largest absolute Gasteiger partial charge is 0.493 e. The summed E-state index contributed by atoms with van der Waals surface area (Å²) in [5.41, 5.74) is 1.03. The Hall–Kier alpha value is -2.23. The maximum absolute atomic E-state index is 13.9. The molecule has 1 aliphatic carbocycles. The minimum Gasteiger partial charge on any atom is -0.493 e. The van der Waals surface area contributed by atoms with Crippen LogP contribution in [-0.2, 0) is 19.1 Å². The van der Waals surface area contributed by atoms with E-state index in [1.54, 1.807) is 7.11 Å². The number of pyridine rings is 1. The Morgan fingerprint density at radius 1 is 1.15 bits per heavy atom. The topological polar surface area (TPSA) is 102 Å². The van der Waals surface area contributed by atoms with Crippen molar-refractivity contribution in [2.24, 2.45) is 17.8 Å². The first-order valence-corrected chi connectivity index (χ1v) is 14.8. The van der Waals surface area contributed by atoms with E-state index >= 15 is 0 Å². The van der Waals surface area contributed by atoms with Gasteiger partial charge in [-0.2, -0.15) is 0 Å². The summed E-state index contributed by atoms with van der Waals surface area (Å²) in [5, 5.41) is 6.54. The van der Waals surface area contributed by atoms with Gasteiger partial charge in [-0.05, 0) is 44.4 Å². The highest BCUT2D eigenvalue weighted by molar-refractivity contribution is 5.96. The van der Waals surface area contributed by atoms with E-state index in [-0.39, 0.29) is 41.7 Å². The number of nitrogens with zero attached hydrogens (tertiary/aromatic N) is 2. The van der Waals surface area contributed by atoms with Crippen LogP contribution in [0, 0.1) is 17.8 Å². The Bertz CT molecular complexity index is 921. The average Bonchev–Trinajstić information content (AvgIpc) is 3.74. The maximum atomic E-state index is 13.9. The molecule has 0 bridgehead atoms. The minimum absolute atomic E-state index is 0.00511. The van der Waals surface area contributed by atoms with Crippen LogP contribution in [0.25, 0.3) is 0 Å². The van der Waals surface area contributed by atoms with E-state index in [1.807, 2.05) is 24.1 Å². The number of carbonyl (C=O) groups excluding carboxylic acids is 2. The molecule has 1 saturated carbocycles. The van der Waals surface area contributed by atoms with Gasteiger partial charge in [0.15, 0.2) is 0 Å². The molecule has 2 amide bonds. The first kappa shape index (κ1) is 31.3. The van der Waals surface area contributed by atoms with Crippen LogP contribution in [0.5, 0.6) is 5.75 Å². The first-order chi connectivity index (χ1) is 18.7. The molecule has 0 radical (unpaired) electrons. The number of methoxy groups -OCH3 is 1. The lowest BCUT2D eigenvalue weighted by Crippen LogP contribution is -2.51. The van der Waals surface area contributed by atoms with Crippen LogP contribution in [-0.4, -0.2) is 75.5 Å². The Labute approximate surface area is 234 Å². The highest BCUT2D eigenvalue weighted by Crippen LogP contribution is 2.36. The van der Waals surface area contributed by atoms with Crippen molar-refractivity contribution in [2.45, 2.75) is 84.7 Å². The van der Waals surface area contributed by atoms with E-state index in [4.69, 9.17) is 19.2 Å². The van der Waals surface area contributed by atoms with Crippen LogP contribution in [0.15, 0.2) is 12.3 Å². The molecule has 0 spiro atoms. The number of hydrogen-bond acceptors (Lipinski definition) is 7. The molecule has 1 aliphatic heterocycles. The lowest BCUT2D eigenvalue weighted by molar-refractivity contribution is -0.129. The van der Waals surface area contributed by atoms with Gasteiger partial charge in [0.05, 0.1) is 31.1 Å². The van der Waals surface area contributed by atoms with Crippen LogP contribution < -0.4 is 20.3 Å². The van der Waals surface area contributed by atoms with Gasteiger partial charge in [-0.3, -0.25) is 14.5 Å². The number of nitrogens with one attached hydrogen (secondary N) is 2. The third-order valence-electron chi connectivity index (χ3n) is 7.35. The average molecular weight is 547 g/mol. The van der Waals surface area contributed by atoms with Gasteiger partial charge in [0, 0.05) is 63.7 Å². The molecule has 0 aromatic carbocycles. The summed E-state index contributed by atoms with van der Waals surface area (Å²) in [6, 6.07) is 2.04. The second-order valence-electron chi connectivity index (χ2n) is 11.7. The van der Waals surface area contributed by atoms with Crippen molar-refractivity contribution in [1.82, 2.24) is 15.6 Å². The molecule has 1 saturated heterocycles. The lowest BCUT2D eigenvalue weighted by atomic mass is 9.88. The van der Waals surface area contributed by atoms with Crippen LogP contribution in [0.1, 0.15) is 78.2 Å². The van der Waals surface area contributed by atoms with Crippen molar-refractivity contribution in [3.8, 4) is 5.75 Å². The van der Waals surface area contributed by atoms with Crippen molar-refractivity contribution in [3.05, 3.63) is 17.8 Å². The fourth-order valence-corrected chi connectivity index (χ4v) is 5.17. The number of aromatic nitrogens is 1. The van der Waals surface area contributed by atoms with Crippen molar-refractivity contribution < 1.29 is 23.8 Å². The van der Waals surface area contributed by atoms with Gasteiger partial charge in [0.1, 0.15) is 11.6 Å². The first-order valence-electron chi connectivity index (χ1n) is 14.8. The van der Waals surface area contributed by atoms with Crippen LogP contribution in [0.4, 0.5) is 5.82 Å². The quantitative estimate of drug-likeness (QED) is 0.303. The fourth-order valence-electron chi connectivity index (χ4n) is 5.17. The van der Waals surface area contributed by atoms with E-state index in [9.17, 15) is 9.59 Å². The molecule has 1 aromatic heterocycles. The number of rotatable bonds is 16. The molecular weight excluding hydrogens is 496 g/mol. The van der Waals surface area contributed by atoms with Gasteiger partial charge in [0.2, 0.25) is 11.8 Å². The Morgan fingerprint density at radius 3 is 2.54 bits per heavy atom. The summed E-state index contributed by atoms with van der Waals surface area (Å²) >= 11 is 0. The second-order valence-corrected chi connectivity index (χ2v) is 11.7. The van der Waals surface area contributed by atoms with Crippen LogP contribution >= 0.6 is 0 Å². The molecule has 3 rings (SSSR count). The van der Waals surface area contributed by atoms with Gasteiger partial charge in [0.25, 0.3) is 0 Å². The molecule has 2 aliphatic rings. The number of amides is 2. The highest BCUT2D eigenvalue weighted by Gasteiger charge is 2.40. The number of piperidine rings is 1. The fraction of sp³-hybridized carbons (Fsp3) is 0.767. The third kappa shape index (κ3) is 9.43. The molecule has 39 heavy (non-hydrogen) atoms. The molecule has 9 heteroatoms. The molecule has 1 unspecified atom stereocenters. The molecule has 2 heterocycles. The molecule has 2 fully saturated rings. The molecule has 220 valence electrons. The predicted molar refractivity (Wildman–Crippen MR) is 153 cm³/mol. The molecular formula is C30H50N4O5. The van der Waals surface area contributed by atoms with E-state index < -0.39 is 0 Å². The smallest absolute Gasteiger partial charge is 0.232 e. The zero-order valence-corrected chi connectivity index (χ0v) is 24.8. The summed E-state index contributed by atoms with van der Waals surface area (Å²) in [7, 11) is 1.68. The summed E-state index contributed by atoms with van der Waals surface area (Å²) < 4.78 is 16.9. The van der Waals surface area contributed by atoms with Crippen molar-refractivity contribution in [3.63, 3.8) is 0 Å². The van der Waals surface area contributed by atoms with Gasteiger partial charge < -0.3 is 24.8 Å². The Balaban J connectivity index is 1.72. The SMILES string of the molecule is CCOC[C@@H](CC(C)C)NC(=O)[C@@H]1CNCC(C(=O)N(c2cc(OCCCOC)c(C(C)C)cn2)C2CC2)C1. The minimum atomic E-state index is -0.289. The van der Waals surface area contributed by atoms with Gasteiger partial charge >= 0.3 is 0 Å². The zero-order valence-electron chi connectivity index (χ0n) is 24.8. The monoisotopic (exact) mass is 546 g/mol. The van der Waals surface area contributed by atoms with Crippen LogP contribution in [0.3, 0.4) is 0 Å². The number of carbonyl (C=O) groups is 2. The number of anilines is 1. The maximum Gasteiger partial charge on any atom is 0.232 e. The highest BCUT2D eigenvalue weighted by atomic mass is 16.5. The van der Waals surface area contributed by atoms with Gasteiger partial charge in [-0.15, -0.1) is 0 Å². The predicted octanol–water partition coefficient (Wildman–Crippen LogP) is 3.91. The molecule has 2 N–H and O–H groups in total. The van der Waals surface area contributed by atoms with Crippen molar-refractivity contribution in [1.29, 1.82) is 0 Å². The van der Waals surface area contributed by atoms with Gasteiger partial charge in [-0.1, -0.05) is 27.7 Å². The zero-order chi connectivity index (χ0) is 28.4. The Kier molecular flexibility index (Phi) is 12.5. The molecule has 1 aromatic rings. The van der Waals surface area contributed by atoms with E-state index in [2.05, 4.69) is 38.3 Å². The third-order valence-corrected chi connectivity index (χ3v) is 7.35. The van der Waals surface area contributed by atoms with Gasteiger partial charge in [-0.25, -0.2) is 4.98 Å². The van der Waals surface area contributed by atoms with E-state index in [0.29, 0.717) is 57.7 Å². The normalized spacial score (nSPS) is 20.2. The summed E-state index contributed by atoms with van der Waals surface area (Å²) in [6.45, 7) is 13.9.